The zero-order valence-electron chi connectivity index (χ0n) is 11.3. The molecule has 1 aliphatic carbocycles. The minimum atomic E-state index is -0.360. The minimum Gasteiger partial charge on any atom is -0.493 e. The molecule has 2 rings (SSSR count). The Morgan fingerprint density at radius 2 is 2.05 bits per heavy atom. The summed E-state index contributed by atoms with van der Waals surface area (Å²) in [4.78, 5) is 11.8. The fourth-order valence-electron chi connectivity index (χ4n) is 2.18. The van der Waals surface area contributed by atoms with Gasteiger partial charge in [0.15, 0.2) is 0 Å². The first-order valence-electron chi connectivity index (χ1n) is 6.75. The Labute approximate surface area is 113 Å². The highest BCUT2D eigenvalue weighted by molar-refractivity contribution is 5.77. The fraction of sp³-hybridized carbons (Fsp3) is 0.533. The Morgan fingerprint density at radius 3 is 2.58 bits per heavy atom. The van der Waals surface area contributed by atoms with Crippen LogP contribution >= 0.6 is 0 Å². The van der Waals surface area contributed by atoms with E-state index >= 15 is 0 Å². The van der Waals surface area contributed by atoms with Crippen molar-refractivity contribution in [3.63, 3.8) is 0 Å². The first kappa shape index (κ1) is 13.9. The second kappa shape index (κ2) is 6.06. The topological polar surface area (TPSA) is 58.6 Å². The summed E-state index contributed by atoms with van der Waals surface area (Å²) in [5.41, 5.74) is 0.820. The Kier molecular flexibility index (Phi) is 4.43. The van der Waals surface area contributed by atoms with Crippen molar-refractivity contribution in [3.8, 4) is 5.75 Å². The maximum Gasteiger partial charge on any atom is 0.223 e. The first-order valence-corrected chi connectivity index (χ1v) is 6.75. The molecule has 4 heteroatoms. The van der Waals surface area contributed by atoms with Crippen molar-refractivity contribution in [2.75, 3.05) is 13.2 Å². The van der Waals surface area contributed by atoms with Crippen LogP contribution in [0.4, 0.5) is 0 Å². The van der Waals surface area contributed by atoms with Crippen LogP contribution in [0.5, 0.6) is 5.75 Å². The molecule has 1 saturated carbocycles. The van der Waals surface area contributed by atoms with E-state index in [1.54, 1.807) is 0 Å². The normalized spacial score (nSPS) is 16.5. The molecule has 0 saturated heterocycles. The van der Waals surface area contributed by atoms with Gasteiger partial charge in [-0.1, -0.05) is 17.7 Å². The molecule has 104 valence electrons. The molecule has 0 atom stereocenters. The standard InChI is InChI=1S/C15H21NO3/c1-12-3-5-13(6-4-12)19-10-7-14(18)16-15(11-17)8-2-9-15/h3-6,17H,2,7-11H2,1H3,(H,16,18). The number of aliphatic hydroxyl groups is 1. The van der Waals surface area contributed by atoms with E-state index in [1.807, 2.05) is 31.2 Å². The van der Waals surface area contributed by atoms with Crippen LogP contribution in [-0.4, -0.2) is 29.8 Å². The maximum absolute atomic E-state index is 11.8. The number of hydrogen-bond acceptors (Lipinski definition) is 3. The quantitative estimate of drug-likeness (QED) is 0.822. The zero-order valence-corrected chi connectivity index (χ0v) is 11.3. The number of carbonyl (C=O) groups excluding carboxylic acids is 1. The van der Waals surface area contributed by atoms with Crippen molar-refractivity contribution < 1.29 is 14.6 Å². The highest BCUT2D eigenvalue weighted by Gasteiger charge is 2.37. The molecular weight excluding hydrogens is 242 g/mol. The lowest BCUT2D eigenvalue weighted by Crippen LogP contribution is -2.56. The minimum absolute atomic E-state index is 0.0254. The highest BCUT2D eigenvalue weighted by atomic mass is 16.5. The summed E-state index contributed by atoms with van der Waals surface area (Å²) in [5.74, 6) is 0.722. The molecule has 0 heterocycles. The molecule has 1 aromatic carbocycles. The number of amides is 1. The Hall–Kier alpha value is -1.55. The number of benzene rings is 1. The van der Waals surface area contributed by atoms with Crippen LogP contribution in [0.2, 0.25) is 0 Å². The van der Waals surface area contributed by atoms with Crippen LogP contribution in [0.1, 0.15) is 31.2 Å². The maximum atomic E-state index is 11.8. The molecule has 1 fully saturated rings. The van der Waals surface area contributed by atoms with E-state index in [4.69, 9.17) is 4.74 Å². The molecule has 0 bridgehead atoms. The molecule has 0 aliphatic heterocycles. The van der Waals surface area contributed by atoms with E-state index < -0.39 is 0 Å². The summed E-state index contributed by atoms with van der Waals surface area (Å²) < 4.78 is 5.51. The summed E-state index contributed by atoms with van der Waals surface area (Å²) in [7, 11) is 0. The van der Waals surface area contributed by atoms with Gasteiger partial charge in [0.05, 0.1) is 25.2 Å². The van der Waals surface area contributed by atoms with Crippen molar-refractivity contribution in [3.05, 3.63) is 29.8 Å². The average molecular weight is 263 g/mol. The number of carbonyl (C=O) groups is 1. The van der Waals surface area contributed by atoms with Gasteiger partial charge in [-0.05, 0) is 38.3 Å². The van der Waals surface area contributed by atoms with Gasteiger partial charge in [0.2, 0.25) is 5.91 Å². The van der Waals surface area contributed by atoms with Crippen LogP contribution in [-0.2, 0) is 4.79 Å². The monoisotopic (exact) mass is 263 g/mol. The number of aliphatic hydroxyl groups excluding tert-OH is 1. The summed E-state index contributed by atoms with van der Waals surface area (Å²) >= 11 is 0. The van der Waals surface area contributed by atoms with Crippen LogP contribution in [0.3, 0.4) is 0 Å². The van der Waals surface area contributed by atoms with Gasteiger partial charge in [-0.2, -0.15) is 0 Å². The summed E-state index contributed by atoms with van der Waals surface area (Å²) in [6, 6.07) is 7.75. The summed E-state index contributed by atoms with van der Waals surface area (Å²) in [5, 5.41) is 12.2. The van der Waals surface area contributed by atoms with Gasteiger partial charge in [0.25, 0.3) is 0 Å². The molecule has 1 amide bonds. The van der Waals surface area contributed by atoms with E-state index in [9.17, 15) is 9.90 Å². The summed E-state index contributed by atoms with van der Waals surface area (Å²) in [6.07, 6.45) is 3.12. The SMILES string of the molecule is Cc1ccc(OCCC(=O)NC2(CO)CCC2)cc1. The van der Waals surface area contributed by atoms with E-state index in [-0.39, 0.29) is 18.1 Å². The lowest BCUT2D eigenvalue weighted by atomic mass is 9.77. The van der Waals surface area contributed by atoms with Gasteiger partial charge in [-0.25, -0.2) is 0 Å². The predicted molar refractivity (Wildman–Crippen MR) is 73.1 cm³/mol. The molecule has 0 unspecified atom stereocenters. The van der Waals surface area contributed by atoms with E-state index in [0.29, 0.717) is 13.0 Å². The smallest absolute Gasteiger partial charge is 0.223 e. The lowest BCUT2D eigenvalue weighted by Gasteiger charge is -2.40. The fourth-order valence-corrected chi connectivity index (χ4v) is 2.18. The van der Waals surface area contributed by atoms with E-state index in [2.05, 4.69) is 5.32 Å². The first-order chi connectivity index (χ1) is 9.13. The van der Waals surface area contributed by atoms with Crippen molar-refractivity contribution in [1.29, 1.82) is 0 Å². The molecule has 2 N–H and O–H groups in total. The highest BCUT2D eigenvalue weighted by Crippen LogP contribution is 2.31. The predicted octanol–water partition coefficient (Wildman–Crippen LogP) is 1.80. The van der Waals surface area contributed by atoms with Gasteiger partial charge in [0, 0.05) is 0 Å². The summed E-state index contributed by atoms with van der Waals surface area (Å²) in [6.45, 7) is 2.40. The molecule has 0 radical (unpaired) electrons. The van der Waals surface area contributed by atoms with Crippen LogP contribution < -0.4 is 10.1 Å². The van der Waals surface area contributed by atoms with Gasteiger partial charge >= 0.3 is 0 Å². The average Bonchev–Trinajstić information content (AvgIpc) is 2.36. The van der Waals surface area contributed by atoms with Crippen molar-refractivity contribution >= 4 is 5.91 Å². The zero-order chi connectivity index (χ0) is 13.7. The number of ether oxygens (including phenoxy) is 1. The lowest BCUT2D eigenvalue weighted by molar-refractivity contribution is -0.125. The second-order valence-electron chi connectivity index (χ2n) is 5.25. The van der Waals surface area contributed by atoms with E-state index in [0.717, 1.165) is 25.0 Å². The number of hydrogen-bond donors (Lipinski definition) is 2. The Morgan fingerprint density at radius 1 is 1.37 bits per heavy atom. The van der Waals surface area contributed by atoms with Crippen molar-refractivity contribution in [2.24, 2.45) is 0 Å². The van der Waals surface area contributed by atoms with Crippen molar-refractivity contribution in [2.45, 2.75) is 38.1 Å². The van der Waals surface area contributed by atoms with Crippen LogP contribution in [0.25, 0.3) is 0 Å². The molecule has 0 spiro atoms. The van der Waals surface area contributed by atoms with Crippen LogP contribution in [0, 0.1) is 6.92 Å². The Bertz CT molecular complexity index is 418. The molecule has 0 aromatic heterocycles. The number of rotatable bonds is 6. The van der Waals surface area contributed by atoms with Gasteiger partial charge in [-0.15, -0.1) is 0 Å². The third-order valence-corrected chi connectivity index (χ3v) is 3.64. The third-order valence-electron chi connectivity index (χ3n) is 3.64. The van der Waals surface area contributed by atoms with E-state index in [1.165, 1.54) is 5.56 Å². The number of nitrogens with one attached hydrogen (secondary N) is 1. The third kappa shape index (κ3) is 3.70. The van der Waals surface area contributed by atoms with Crippen LogP contribution in [0.15, 0.2) is 24.3 Å². The second-order valence-corrected chi connectivity index (χ2v) is 5.25. The Balaban J connectivity index is 1.70. The van der Waals surface area contributed by atoms with Gasteiger partial charge in [-0.3, -0.25) is 4.79 Å². The van der Waals surface area contributed by atoms with Crippen molar-refractivity contribution in [1.82, 2.24) is 5.32 Å². The molecule has 4 nitrogen and oxygen atoms in total. The van der Waals surface area contributed by atoms with Gasteiger partial charge < -0.3 is 15.2 Å². The molecule has 19 heavy (non-hydrogen) atoms. The molecular formula is C15H21NO3. The van der Waals surface area contributed by atoms with Gasteiger partial charge in [0.1, 0.15) is 5.75 Å². The molecule has 1 aromatic rings. The largest absolute Gasteiger partial charge is 0.493 e. The molecule has 1 aliphatic rings. The number of aryl methyl sites for hydroxylation is 1.